The number of hydrogen-bond acceptors (Lipinski definition) is 2. The largest absolute Gasteiger partial charge is 0.241 e. The molecule has 1 saturated carbocycles. The third-order valence-electron chi connectivity index (χ3n) is 4.17. The van der Waals surface area contributed by atoms with Crippen LogP contribution in [0.25, 0.3) is 0 Å². The van der Waals surface area contributed by atoms with Gasteiger partial charge >= 0.3 is 0 Å². The first-order valence-corrected chi connectivity index (χ1v) is 7.64. The zero-order valence-corrected chi connectivity index (χ0v) is 11.9. The highest BCUT2D eigenvalue weighted by molar-refractivity contribution is 5.08. The molecule has 0 N–H and O–H groups in total. The molecular weight excluding hydrogens is 220 g/mol. The summed E-state index contributed by atoms with van der Waals surface area (Å²) < 4.78 is 0. The van der Waals surface area contributed by atoms with Gasteiger partial charge in [0.25, 0.3) is 0 Å². The van der Waals surface area contributed by atoms with Crippen LogP contribution in [-0.2, 0) is 6.42 Å². The van der Waals surface area contributed by atoms with Gasteiger partial charge in [-0.15, -0.1) is 0 Å². The molecule has 1 aliphatic rings. The van der Waals surface area contributed by atoms with E-state index in [9.17, 15) is 0 Å². The van der Waals surface area contributed by atoms with E-state index >= 15 is 0 Å². The minimum atomic E-state index is 0.619. The van der Waals surface area contributed by atoms with Crippen molar-refractivity contribution >= 4 is 0 Å². The summed E-state index contributed by atoms with van der Waals surface area (Å²) in [6.07, 6.45) is 14.4. The molecule has 0 bridgehead atoms. The Balaban J connectivity index is 1.89. The molecule has 0 radical (unpaired) electrons. The summed E-state index contributed by atoms with van der Waals surface area (Å²) in [6.45, 7) is 4.49. The fourth-order valence-corrected chi connectivity index (χ4v) is 3.11. The molecule has 0 atom stereocenters. The Morgan fingerprint density at radius 1 is 1.00 bits per heavy atom. The summed E-state index contributed by atoms with van der Waals surface area (Å²) in [4.78, 5) is 9.16. The predicted molar refractivity (Wildman–Crippen MR) is 75.6 cm³/mol. The highest BCUT2D eigenvalue weighted by Crippen LogP contribution is 2.35. The summed E-state index contributed by atoms with van der Waals surface area (Å²) >= 11 is 0. The molecule has 2 rings (SSSR count). The van der Waals surface area contributed by atoms with Crippen molar-refractivity contribution in [2.45, 2.75) is 71.1 Å². The maximum absolute atomic E-state index is 4.58. The number of aromatic nitrogens is 2. The average molecular weight is 246 g/mol. The predicted octanol–water partition coefficient (Wildman–Crippen LogP) is 4.50. The van der Waals surface area contributed by atoms with Crippen molar-refractivity contribution in [3.05, 3.63) is 23.8 Å². The topological polar surface area (TPSA) is 25.8 Å². The number of aryl methyl sites for hydroxylation is 1. The smallest absolute Gasteiger partial charge is 0.131 e. The van der Waals surface area contributed by atoms with Crippen LogP contribution in [0.1, 0.15) is 76.1 Å². The van der Waals surface area contributed by atoms with Gasteiger partial charge in [0.1, 0.15) is 5.82 Å². The fourth-order valence-electron chi connectivity index (χ4n) is 3.11. The molecule has 2 heteroatoms. The first-order valence-electron chi connectivity index (χ1n) is 7.64. The van der Waals surface area contributed by atoms with E-state index in [2.05, 4.69) is 23.8 Å². The molecule has 0 amide bonds. The van der Waals surface area contributed by atoms with Crippen molar-refractivity contribution in [2.24, 2.45) is 5.92 Å². The Labute approximate surface area is 111 Å². The van der Waals surface area contributed by atoms with E-state index < -0.39 is 0 Å². The average Bonchev–Trinajstić information content (AvgIpc) is 2.41. The van der Waals surface area contributed by atoms with Crippen molar-refractivity contribution in [3.8, 4) is 0 Å². The van der Waals surface area contributed by atoms with E-state index in [0.29, 0.717) is 5.92 Å². The Bertz CT molecular complexity index is 337. The summed E-state index contributed by atoms with van der Waals surface area (Å²) in [7, 11) is 0. The Hall–Kier alpha value is -0.920. The van der Waals surface area contributed by atoms with Gasteiger partial charge in [-0.1, -0.05) is 33.1 Å². The second kappa shape index (κ2) is 6.86. The van der Waals surface area contributed by atoms with Crippen molar-refractivity contribution in [2.75, 3.05) is 0 Å². The summed E-state index contributed by atoms with van der Waals surface area (Å²) in [6, 6.07) is 0. The van der Waals surface area contributed by atoms with Gasteiger partial charge in [0.15, 0.2) is 0 Å². The Kier molecular flexibility index (Phi) is 5.15. The lowest BCUT2D eigenvalue weighted by molar-refractivity contribution is 0.302. The lowest BCUT2D eigenvalue weighted by Crippen LogP contribution is -2.15. The fraction of sp³-hybridized carbons (Fsp3) is 0.750. The van der Waals surface area contributed by atoms with E-state index in [4.69, 9.17) is 0 Å². The monoisotopic (exact) mass is 246 g/mol. The first kappa shape index (κ1) is 13.5. The van der Waals surface area contributed by atoms with Crippen molar-refractivity contribution in [3.63, 3.8) is 0 Å². The standard InChI is InChI=1S/C16H26N2/c1-3-5-13-7-9-15(10-8-13)16-17-11-14(6-4-2)12-18-16/h11-13,15H,3-10H2,1-2H3/t13-,15-. The third-order valence-corrected chi connectivity index (χ3v) is 4.17. The van der Waals surface area contributed by atoms with Crippen LogP contribution in [0.4, 0.5) is 0 Å². The zero-order valence-electron chi connectivity index (χ0n) is 11.9. The van der Waals surface area contributed by atoms with Crippen molar-refractivity contribution < 1.29 is 0 Å². The summed E-state index contributed by atoms with van der Waals surface area (Å²) in [5, 5.41) is 0. The van der Waals surface area contributed by atoms with Gasteiger partial charge in [0.05, 0.1) is 0 Å². The molecule has 0 unspecified atom stereocenters. The van der Waals surface area contributed by atoms with E-state index in [-0.39, 0.29) is 0 Å². The van der Waals surface area contributed by atoms with Crippen LogP contribution < -0.4 is 0 Å². The lowest BCUT2D eigenvalue weighted by atomic mass is 9.80. The van der Waals surface area contributed by atoms with Crippen LogP contribution in [0.5, 0.6) is 0 Å². The van der Waals surface area contributed by atoms with Crippen molar-refractivity contribution in [1.82, 2.24) is 9.97 Å². The van der Waals surface area contributed by atoms with Gasteiger partial charge in [-0.3, -0.25) is 0 Å². The summed E-state index contributed by atoms with van der Waals surface area (Å²) in [5.74, 6) is 2.67. The third kappa shape index (κ3) is 3.54. The second-order valence-electron chi connectivity index (χ2n) is 5.71. The molecule has 0 spiro atoms. The molecule has 0 saturated heterocycles. The minimum Gasteiger partial charge on any atom is -0.241 e. The molecule has 1 aliphatic carbocycles. The van der Waals surface area contributed by atoms with Crippen LogP contribution >= 0.6 is 0 Å². The van der Waals surface area contributed by atoms with Gasteiger partial charge in [-0.25, -0.2) is 9.97 Å². The normalized spacial score (nSPS) is 24.1. The van der Waals surface area contributed by atoms with E-state index in [0.717, 1.165) is 18.2 Å². The summed E-state index contributed by atoms with van der Waals surface area (Å²) in [5.41, 5.74) is 1.28. The van der Waals surface area contributed by atoms with Crippen LogP contribution in [0, 0.1) is 5.92 Å². The second-order valence-corrected chi connectivity index (χ2v) is 5.71. The Morgan fingerprint density at radius 2 is 1.67 bits per heavy atom. The molecule has 1 aromatic heterocycles. The maximum Gasteiger partial charge on any atom is 0.131 e. The van der Waals surface area contributed by atoms with Crippen LogP contribution in [0.2, 0.25) is 0 Å². The molecule has 2 nitrogen and oxygen atoms in total. The molecule has 1 aromatic rings. The van der Waals surface area contributed by atoms with E-state index in [1.807, 2.05) is 12.4 Å². The van der Waals surface area contributed by atoms with E-state index in [1.54, 1.807) is 0 Å². The van der Waals surface area contributed by atoms with Crippen LogP contribution in [-0.4, -0.2) is 9.97 Å². The van der Waals surface area contributed by atoms with Crippen LogP contribution in [0.3, 0.4) is 0 Å². The maximum atomic E-state index is 4.58. The highest BCUT2D eigenvalue weighted by Gasteiger charge is 2.23. The van der Waals surface area contributed by atoms with Crippen molar-refractivity contribution in [1.29, 1.82) is 0 Å². The van der Waals surface area contributed by atoms with Crippen LogP contribution in [0.15, 0.2) is 12.4 Å². The SMILES string of the molecule is CCCc1cnc([C@H]2CC[C@H](CCC)CC2)nc1. The molecular formula is C16H26N2. The number of nitrogens with zero attached hydrogens (tertiary/aromatic N) is 2. The van der Waals surface area contributed by atoms with Gasteiger partial charge in [0.2, 0.25) is 0 Å². The molecule has 18 heavy (non-hydrogen) atoms. The zero-order chi connectivity index (χ0) is 12.8. The molecule has 0 aliphatic heterocycles. The number of hydrogen-bond donors (Lipinski definition) is 0. The van der Waals surface area contributed by atoms with Gasteiger partial charge in [0, 0.05) is 18.3 Å². The molecule has 1 fully saturated rings. The quantitative estimate of drug-likeness (QED) is 0.764. The van der Waals surface area contributed by atoms with Gasteiger partial charge in [-0.05, 0) is 43.6 Å². The van der Waals surface area contributed by atoms with Gasteiger partial charge in [-0.2, -0.15) is 0 Å². The molecule has 100 valence electrons. The molecule has 0 aromatic carbocycles. The first-order chi connectivity index (χ1) is 8.83. The molecule has 1 heterocycles. The number of rotatable bonds is 5. The van der Waals surface area contributed by atoms with Gasteiger partial charge < -0.3 is 0 Å². The Morgan fingerprint density at radius 3 is 2.22 bits per heavy atom. The lowest BCUT2D eigenvalue weighted by Gasteiger charge is -2.27. The van der Waals surface area contributed by atoms with E-state index in [1.165, 1.54) is 50.5 Å². The minimum absolute atomic E-state index is 0.619. The highest BCUT2D eigenvalue weighted by atomic mass is 14.9.